The Bertz CT molecular complexity index is 564. The maximum absolute atomic E-state index is 4.98. The van der Waals surface area contributed by atoms with Crippen molar-refractivity contribution in [1.82, 2.24) is 0 Å². The maximum atomic E-state index is 4.98. The number of rotatable bonds is 4. The van der Waals surface area contributed by atoms with Crippen LogP contribution in [0.1, 0.15) is 64.2 Å². The van der Waals surface area contributed by atoms with Gasteiger partial charge in [-0.3, -0.25) is 9.98 Å². The fourth-order valence-corrected chi connectivity index (χ4v) is 3.65. The summed E-state index contributed by atoms with van der Waals surface area (Å²) in [5, 5.41) is 6.59. The SMILES string of the molecule is CNc1cc(NC)c(N=C2CCCCC2)cc1N=C1CCCCC1. The first-order valence-corrected chi connectivity index (χ1v) is 9.46. The lowest BCUT2D eigenvalue weighted by Crippen LogP contribution is -2.05. The van der Waals surface area contributed by atoms with Crippen LogP contribution in [-0.4, -0.2) is 25.5 Å². The first-order valence-electron chi connectivity index (χ1n) is 9.46. The summed E-state index contributed by atoms with van der Waals surface area (Å²) in [6.07, 6.45) is 12.3. The van der Waals surface area contributed by atoms with Crippen molar-refractivity contribution in [2.24, 2.45) is 9.98 Å². The van der Waals surface area contributed by atoms with E-state index in [0.717, 1.165) is 48.4 Å². The van der Waals surface area contributed by atoms with Gasteiger partial charge in [0, 0.05) is 25.5 Å². The van der Waals surface area contributed by atoms with Gasteiger partial charge in [-0.05, 0) is 63.5 Å². The molecule has 130 valence electrons. The molecule has 4 nitrogen and oxygen atoms in total. The van der Waals surface area contributed by atoms with Gasteiger partial charge >= 0.3 is 0 Å². The molecule has 0 unspecified atom stereocenters. The molecule has 2 N–H and O–H groups in total. The number of nitrogens with zero attached hydrogens (tertiary/aromatic N) is 2. The van der Waals surface area contributed by atoms with Crippen LogP contribution in [0.2, 0.25) is 0 Å². The number of nitrogens with one attached hydrogen (secondary N) is 2. The molecule has 0 aromatic heterocycles. The summed E-state index contributed by atoms with van der Waals surface area (Å²) in [6, 6.07) is 4.30. The Kier molecular flexibility index (Phi) is 5.89. The second kappa shape index (κ2) is 8.32. The van der Waals surface area contributed by atoms with Gasteiger partial charge in [-0.25, -0.2) is 0 Å². The Balaban J connectivity index is 1.96. The quantitative estimate of drug-likeness (QED) is 0.730. The van der Waals surface area contributed by atoms with Crippen molar-refractivity contribution in [2.75, 3.05) is 24.7 Å². The minimum absolute atomic E-state index is 1.03. The van der Waals surface area contributed by atoms with Crippen LogP contribution in [0.4, 0.5) is 22.7 Å². The summed E-state index contributed by atoms with van der Waals surface area (Å²) in [7, 11) is 3.93. The van der Waals surface area contributed by atoms with Crippen molar-refractivity contribution in [2.45, 2.75) is 64.2 Å². The van der Waals surface area contributed by atoms with Gasteiger partial charge in [0.1, 0.15) is 0 Å². The fraction of sp³-hybridized carbons (Fsp3) is 0.600. The average Bonchev–Trinajstić information content (AvgIpc) is 2.64. The van der Waals surface area contributed by atoms with E-state index in [1.807, 2.05) is 14.1 Å². The molecule has 2 saturated carbocycles. The Labute approximate surface area is 145 Å². The molecular formula is C20H30N4. The molecule has 0 spiro atoms. The zero-order valence-corrected chi connectivity index (χ0v) is 15.1. The van der Waals surface area contributed by atoms with Crippen molar-refractivity contribution in [3.05, 3.63) is 12.1 Å². The molecule has 0 saturated heterocycles. The molecule has 0 aliphatic heterocycles. The van der Waals surface area contributed by atoms with Gasteiger partial charge in [-0.2, -0.15) is 0 Å². The highest BCUT2D eigenvalue weighted by atomic mass is 14.9. The van der Waals surface area contributed by atoms with Gasteiger partial charge in [-0.1, -0.05) is 12.8 Å². The maximum Gasteiger partial charge on any atom is 0.0883 e. The van der Waals surface area contributed by atoms with E-state index in [1.54, 1.807) is 0 Å². The van der Waals surface area contributed by atoms with Gasteiger partial charge in [0.05, 0.1) is 22.7 Å². The Hall–Kier alpha value is -1.84. The zero-order valence-electron chi connectivity index (χ0n) is 15.1. The van der Waals surface area contributed by atoms with Crippen molar-refractivity contribution < 1.29 is 0 Å². The van der Waals surface area contributed by atoms with Gasteiger partial charge in [0.25, 0.3) is 0 Å². The van der Waals surface area contributed by atoms with Gasteiger partial charge in [-0.15, -0.1) is 0 Å². The summed E-state index contributed by atoms with van der Waals surface area (Å²) in [4.78, 5) is 9.95. The largest absolute Gasteiger partial charge is 0.386 e. The van der Waals surface area contributed by atoms with E-state index in [2.05, 4.69) is 22.8 Å². The predicted molar refractivity (Wildman–Crippen MR) is 106 cm³/mol. The van der Waals surface area contributed by atoms with E-state index >= 15 is 0 Å². The zero-order chi connectivity index (χ0) is 16.8. The third kappa shape index (κ3) is 4.16. The van der Waals surface area contributed by atoms with E-state index in [-0.39, 0.29) is 0 Å². The lowest BCUT2D eigenvalue weighted by Gasteiger charge is -2.17. The highest BCUT2D eigenvalue weighted by molar-refractivity contribution is 5.93. The van der Waals surface area contributed by atoms with Crippen molar-refractivity contribution in [1.29, 1.82) is 0 Å². The summed E-state index contributed by atoms with van der Waals surface area (Å²) in [6.45, 7) is 0. The summed E-state index contributed by atoms with van der Waals surface area (Å²) in [5.74, 6) is 0. The molecule has 2 fully saturated rings. The molecule has 0 radical (unpaired) electrons. The smallest absolute Gasteiger partial charge is 0.0883 e. The minimum atomic E-state index is 1.03. The van der Waals surface area contributed by atoms with E-state index in [1.165, 1.54) is 49.9 Å². The lowest BCUT2D eigenvalue weighted by atomic mass is 9.98. The van der Waals surface area contributed by atoms with E-state index in [9.17, 15) is 0 Å². The van der Waals surface area contributed by atoms with Crippen molar-refractivity contribution in [3.63, 3.8) is 0 Å². The molecule has 2 aliphatic carbocycles. The molecule has 1 aromatic rings. The molecule has 0 amide bonds. The highest BCUT2D eigenvalue weighted by Gasteiger charge is 2.13. The summed E-state index contributed by atoms with van der Waals surface area (Å²) < 4.78 is 0. The van der Waals surface area contributed by atoms with Crippen molar-refractivity contribution >= 4 is 34.2 Å². The monoisotopic (exact) mass is 326 g/mol. The minimum Gasteiger partial charge on any atom is -0.386 e. The lowest BCUT2D eigenvalue weighted by molar-refractivity contribution is 0.666. The Morgan fingerprint density at radius 1 is 0.625 bits per heavy atom. The van der Waals surface area contributed by atoms with Crippen LogP contribution in [0.25, 0.3) is 0 Å². The first kappa shape index (κ1) is 17.0. The third-order valence-electron chi connectivity index (χ3n) is 5.07. The number of hydrogen-bond donors (Lipinski definition) is 2. The molecule has 2 aliphatic rings. The van der Waals surface area contributed by atoms with E-state index in [4.69, 9.17) is 9.98 Å². The second-order valence-corrected chi connectivity index (χ2v) is 6.86. The fourth-order valence-electron chi connectivity index (χ4n) is 3.65. The number of aliphatic imine (C=N–C) groups is 2. The van der Waals surface area contributed by atoms with Crippen LogP contribution in [-0.2, 0) is 0 Å². The molecule has 0 atom stereocenters. The highest BCUT2D eigenvalue weighted by Crippen LogP contribution is 2.38. The van der Waals surface area contributed by atoms with Crippen LogP contribution < -0.4 is 10.6 Å². The molecule has 4 heteroatoms. The second-order valence-electron chi connectivity index (χ2n) is 6.86. The topological polar surface area (TPSA) is 48.8 Å². The van der Waals surface area contributed by atoms with Gasteiger partial charge in [0.15, 0.2) is 0 Å². The van der Waals surface area contributed by atoms with Gasteiger partial charge < -0.3 is 10.6 Å². The normalized spacial score (nSPS) is 18.2. The number of hydrogen-bond acceptors (Lipinski definition) is 4. The van der Waals surface area contributed by atoms with Crippen LogP contribution in [0.15, 0.2) is 22.1 Å². The number of anilines is 2. The molecule has 3 rings (SSSR count). The average molecular weight is 326 g/mol. The van der Waals surface area contributed by atoms with Crippen molar-refractivity contribution in [3.8, 4) is 0 Å². The van der Waals surface area contributed by atoms with Crippen LogP contribution in [0.3, 0.4) is 0 Å². The molecule has 1 aromatic carbocycles. The molecular weight excluding hydrogens is 296 g/mol. The molecule has 24 heavy (non-hydrogen) atoms. The van der Waals surface area contributed by atoms with E-state index in [0.29, 0.717) is 0 Å². The van der Waals surface area contributed by atoms with Gasteiger partial charge in [0.2, 0.25) is 0 Å². The summed E-state index contributed by atoms with van der Waals surface area (Å²) in [5.41, 5.74) is 6.89. The van der Waals surface area contributed by atoms with Crippen LogP contribution in [0.5, 0.6) is 0 Å². The standard InChI is InChI=1S/C20H30N4/c1-21-17-13-18(22-2)20(24-16-11-7-4-8-12-16)14-19(17)23-15-9-5-3-6-10-15/h13-14,21-22H,3-12H2,1-2H3. The Morgan fingerprint density at radius 2 is 1.04 bits per heavy atom. The number of benzene rings is 1. The van der Waals surface area contributed by atoms with E-state index < -0.39 is 0 Å². The molecule has 0 heterocycles. The first-order chi connectivity index (χ1) is 11.8. The predicted octanol–water partition coefficient (Wildman–Crippen LogP) is 5.84. The summed E-state index contributed by atoms with van der Waals surface area (Å²) >= 11 is 0. The Morgan fingerprint density at radius 3 is 1.42 bits per heavy atom. The third-order valence-corrected chi connectivity index (χ3v) is 5.07. The van der Waals surface area contributed by atoms with Crippen LogP contribution >= 0.6 is 0 Å². The van der Waals surface area contributed by atoms with Crippen LogP contribution in [0, 0.1) is 0 Å². The molecule has 0 bridgehead atoms.